The SMILES string of the molecule is CCN(CC)S(=O)(=O)c1ccc2nnc(SCCOc3ccccc3C(C)=O)n2c1. The average molecular weight is 449 g/mol. The number of ether oxygens (including phenoxy) is 1. The summed E-state index contributed by atoms with van der Waals surface area (Å²) in [4.78, 5) is 11.9. The number of hydrogen-bond donors (Lipinski definition) is 0. The summed E-state index contributed by atoms with van der Waals surface area (Å²) in [7, 11) is -3.57. The number of hydrogen-bond acceptors (Lipinski definition) is 7. The second kappa shape index (κ2) is 9.59. The second-order valence-electron chi connectivity index (χ2n) is 6.41. The van der Waals surface area contributed by atoms with Gasteiger partial charge in [-0.1, -0.05) is 37.7 Å². The number of sulfonamides is 1. The molecule has 0 saturated carbocycles. The Labute approximate surface area is 180 Å². The van der Waals surface area contributed by atoms with E-state index in [0.29, 0.717) is 47.6 Å². The van der Waals surface area contributed by atoms with Crippen LogP contribution in [0.1, 0.15) is 31.1 Å². The first-order chi connectivity index (χ1) is 14.4. The Morgan fingerprint density at radius 2 is 1.87 bits per heavy atom. The topological polar surface area (TPSA) is 93.9 Å². The molecule has 10 heteroatoms. The van der Waals surface area contributed by atoms with Crippen LogP contribution in [0.5, 0.6) is 5.75 Å². The maximum absolute atomic E-state index is 12.8. The predicted molar refractivity (Wildman–Crippen MR) is 116 cm³/mol. The highest BCUT2D eigenvalue weighted by Gasteiger charge is 2.22. The van der Waals surface area contributed by atoms with Crippen LogP contribution >= 0.6 is 11.8 Å². The first kappa shape index (κ1) is 22.3. The van der Waals surface area contributed by atoms with E-state index in [1.54, 1.807) is 40.9 Å². The molecule has 0 atom stereocenters. The number of rotatable bonds is 10. The molecule has 2 heterocycles. The predicted octanol–water partition coefficient (Wildman–Crippen LogP) is 3.13. The number of para-hydroxylation sites is 1. The Morgan fingerprint density at radius 1 is 1.13 bits per heavy atom. The summed E-state index contributed by atoms with van der Waals surface area (Å²) in [5, 5.41) is 8.83. The van der Waals surface area contributed by atoms with E-state index in [4.69, 9.17) is 4.74 Å². The molecule has 0 radical (unpaired) electrons. The standard InChI is InChI=1S/C20H24N4O4S2/c1-4-23(5-2)30(26,27)16-10-11-19-21-22-20(24(19)14-16)29-13-12-28-18-9-7-6-8-17(18)15(3)25/h6-11,14H,4-5,12-13H2,1-3H3. The van der Waals surface area contributed by atoms with E-state index >= 15 is 0 Å². The summed E-state index contributed by atoms with van der Waals surface area (Å²) < 4.78 is 34.4. The number of pyridine rings is 1. The van der Waals surface area contributed by atoms with E-state index in [2.05, 4.69) is 10.2 Å². The maximum Gasteiger partial charge on any atom is 0.244 e. The van der Waals surface area contributed by atoms with Gasteiger partial charge in [-0.25, -0.2) is 8.42 Å². The molecule has 0 spiro atoms. The highest BCUT2D eigenvalue weighted by atomic mass is 32.2. The molecule has 0 aliphatic rings. The molecular weight excluding hydrogens is 424 g/mol. The van der Waals surface area contributed by atoms with Crippen LogP contribution in [0.2, 0.25) is 0 Å². The molecule has 1 aromatic carbocycles. The molecule has 0 aliphatic heterocycles. The van der Waals surface area contributed by atoms with Crippen molar-refractivity contribution in [2.45, 2.75) is 30.8 Å². The smallest absolute Gasteiger partial charge is 0.244 e. The minimum absolute atomic E-state index is 0.0522. The zero-order valence-electron chi connectivity index (χ0n) is 17.1. The van der Waals surface area contributed by atoms with Gasteiger partial charge in [0.05, 0.1) is 17.1 Å². The Balaban J connectivity index is 1.72. The van der Waals surface area contributed by atoms with Gasteiger partial charge in [0, 0.05) is 25.0 Å². The van der Waals surface area contributed by atoms with Gasteiger partial charge in [-0.3, -0.25) is 9.20 Å². The molecule has 3 aromatic rings. The van der Waals surface area contributed by atoms with Gasteiger partial charge in [-0.15, -0.1) is 10.2 Å². The van der Waals surface area contributed by atoms with E-state index in [-0.39, 0.29) is 10.7 Å². The van der Waals surface area contributed by atoms with Gasteiger partial charge in [0.1, 0.15) is 5.75 Å². The van der Waals surface area contributed by atoms with Crippen LogP contribution in [0.4, 0.5) is 0 Å². The molecule has 30 heavy (non-hydrogen) atoms. The zero-order chi connectivity index (χ0) is 21.7. The number of thioether (sulfide) groups is 1. The molecule has 0 bridgehead atoms. The third-order valence-corrected chi connectivity index (χ3v) is 7.47. The lowest BCUT2D eigenvalue weighted by Gasteiger charge is -2.18. The summed E-state index contributed by atoms with van der Waals surface area (Å²) in [6, 6.07) is 10.3. The van der Waals surface area contributed by atoms with Crippen LogP contribution in [-0.4, -0.2) is 58.6 Å². The summed E-state index contributed by atoms with van der Waals surface area (Å²) >= 11 is 1.40. The molecule has 0 amide bonds. The monoisotopic (exact) mass is 448 g/mol. The van der Waals surface area contributed by atoms with E-state index in [1.807, 2.05) is 19.9 Å². The minimum Gasteiger partial charge on any atom is -0.492 e. The van der Waals surface area contributed by atoms with Crippen molar-refractivity contribution in [1.82, 2.24) is 18.9 Å². The largest absolute Gasteiger partial charge is 0.492 e. The highest BCUT2D eigenvalue weighted by molar-refractivity contribution is 7.99. The number of ketones is 1. The van der Waals surface area contributed by atoms with Crippen LogP contribution in [-0.2, 0) is 10.0 Å². The third-order valence-electron chi connectivity index (χ3n) is 4.53. The van der Waals surface area contributed by atoms with Crippen molar-refractivity contribution in [1.29, 1.82) is 0 Å². The van der Waals surface area contributed by atoms with Crippen molar-refractivity contribution in [3.05, 3.63) is 48.2 Å². The minimum atomic E-state index is -3.57. The molecule has 160 valence electrons. The maximum atomic E-state index is 12.8. The van der Waals surface area contributed by atoms with Crippen LogP contribution < -0.4 is 4.74 Å². The fourth-order valence-corrected chi connectivity index (χ4v) is 5.17. The van der Waals surface area contributed by atoms with Crippen LogP contribution in [0, 0.1) is 0 Å². The van der Waals surface area contributed by atoms with Crippen molar-refractivity contribution < 1.29 is 17.9 Å². The van der Waals surface area contributed by atoms with Crippen molar-refractivity contribution in [3.8, 4) is 5.75 Å². The first-order valence-corrected chi connectivity index (χ1v) is 12.0. The number of carbonyl (C=O) groups is 1. The fourth-order valence-electron chi connectivity index (χ4n) is 2.98. The third kappa shape index (κ3) is 4.66. The van der Waals surface area contributed by atoms with Crippen LogP contribution in [0.15, 0.2) is 52.6 Å². The van der Waals surface area contributed by atoms with Crippen LogP contribution in [0.25, 0.3) is 5.65 Å². The lowest BCUT2D eigenvalue weighted by atomic mass is 10.1. The van der Waals surface area contributed by atoms with Crippen LogP contribution in [0.3, 0.4) is 0 Å². The van der Waals surface area contributed by atoms with Crippen molar-refractivity contribution >= 4 is 33.2 Å². The molecule has 2 aromatic heterocycles. The first-order valence-electron chi connectivity index (χ1n) is 9.59. The zero-order valence-corrected chi connectivity index (χ0v) is 18.7. The Morgan fingerprint density at radius 3 is 2.57 bits per heavy atom. The Kier molecular flexibility index (Phi) is 7.11. The van der Waals surface area contributed by atoms with Gasteiger partial charge < -0.3 is 4.74 Å². The van der Waals surface area contributed by atoms with Gasteiger partial charge in [0.15, 0.2) is 16.6 Å². The average Bonchev–Trinajstić information content (AvgIpc) is 3.14. The van der Waals surface area contributed by atoms with Gasteiger partial charge in [0.2, 0.25) is 10.0 Å². The number of benzene rings is 1. The van der Waals surface area contributed by atoms with E-state index in [9.17, 15) is 13.2 Å². The molecule has 0 N–H and O–H groups in total. The molecule has 0 unspecified atom stereocenters. The highest BCUT2D eigenvalue weighted by Crippen LogP contribution is 2.22. The number of aromatic nitrogens is 3. The van der Waals surface area contributed by atoms with E-state index < -0.39 is 10.0 Å². The van der Waals surface area contributed by atoms with Crippen molar-refractivity contribution in [3.63, 3.8) is 0 Å². The van der Waals surface area contributed by atoms with Gasteiger partial charge in [-0.2, -0.15) is 4.31 Å². The number of fused-ring (bicyclic) bond motifs is 1. The lowest BCUT2D eigenvalue weighted by Crippen LogP contribution is -2.30. The summed E-state index contributed by atoms with van der Waals surface area (Å²) in [5.74, 6) is 1.05. The number of nitrogens with zero attached hydrogens (tertiary/aromatic N) is 4. The quantitative estimate of drug-likeness (QED) is 0.267. The summed E-state index contributed by atoms with van der Waals surface area (Å²) in [6.45, 7) is 6.29. The number of carbonyl (C=O) groups excluding carboxylic acids is 1. The molecular formula is C20H24N4O4S2. The second-order valence-corrected chi connectivity index (χ2v) is 9.41. The number of Topliss-reactive ketones (excluding diaryl/α,β-unsaturated/α-hetero) is 1. The normalized spacial score (nSPS) is 11.9. The molecule has 3 rings (SSSR count). The molecule has 0 saturated heterocycles. The fraction of sp³-hybridized carbons (Fsp3) is 0.350. The van der Waals surface area contributed by atoms with E-state index in [0.717, 1.165) is 0 Å². The van der Waals surface area contributed by atoms with Gasteiger partial charge >= 0.3 is 0 Å². The van der Waals surface area contributed by atoms with E-state index in [1.165, 1.54) is 23.0 Å². The van der Waals surface area contributed by atoms with Crippen molar-refractivity contribution in [2.75, 3.05) is 25.4 Å². The van der Waals surface area contributed by atoms with Gasteiger partial charge in [-0.05, 0) is 31.2 Å². The van der Waals surface area contributed by atoms with Gasteiger partial charge in [0.25, 0.3) is 0 Å². The van der Waals surface area contributed by atoms with Crippen molar-refractivity contribution in [2.24, 2.45) is 0 Å². The Bertz CT molecular complexity index is 1140. The lowest BCUT2D eigenvalue weighted by molar-refractivity contribution is 0.101. The molecule has 0 fully saturated rings. The molecule has 0 aliphatic carbocycles. The summed E-state index contributed by atoms with van der Waals surface area (Å²) in [6.07, 6.45) is 1.55. The molecule has 8 nitrogen and oxygen atoms in total. The Hall–Kier alpha value is -2.43. The summed E-state index contributed by atoms with van der Waals surface area (Å²) in [5.41, 5.74) is 1.11.